The highest BCUT2D eigenvalue weighted by Crippen LogP contribution is 2.48. The van der Waals surface area contributed by atoms with Gasteiger partial charge in [0.25, 0.3) is 0 Å². The lowest BCUT2D eigenvalue weighted by Crippen LogP contribution is -2.78. The number of hydrazine groups is 1. The second kappa shape index (κ2) is 10.5. The topological polar surface area (TPSA) is 114 Å². The summed E-state index contributed by atoms with van der Waals surface area (Å²) < 4.78 is 17.8. The summed E-state index contributed by atoms with van der Waals surface area (Å²) in [6, 6.07) is -1.19. The molecule has 10 nitrogen and oxygen atoms in total. The normalized spacial score (nSPS) is 44.8. The molecule has 0 aromatic carbocycles. The third-order valence-electron chi connectivity index (χ3n) is 10.0. The smallest absolute Gasteiger partial charge is 0.425 e. The number of ketones is 2. The molecule has 38 heavy (non-hydrogen) atoms. The fraction of sp³-hybridized carbons (Fsp3) is 0.857. The number of methoxy groups -OCH3 is 1. The highest BCUT2D eigenvalue weighted by Gasteiger charge is 2.70. The maximum atomic E-state index is 14.2. The molecular weight excluding hydrogens is 490 g/mol. The van der Waals surface area contributed by atoms with Gasteiger partial charge in [0.2, 0.25) is 0 Å². The van der Waals surface area contributed by atoms with Gasteiger partial charge in [-0.05, 0) is 65.0 Å². The van der Waals surface area contributed by atoms with Crippen molar-refractivity contribution in [1.82, 2.24) is 15.3 Å². The van der Waals surface area contributed by atoms with Gasteiger partial charge in [0.1, 0.15) is 29.9 Å². The zero-order valence-corrected chi connectivity index (χ0v) is 24.1. The Morgan fingerprint density at radius 2 is 1.76 bits per heavy atom. The molecular formula is C28H45N3O7. The number of rotatable bonds is 4. The summed E-state index contributed by atoms with van der Waals surface area (Å²) in [6.07, 6.45) is 0.412. The van der Waals surface area contributed by atoms with Gasteiger partial charge in [0.05, 0.1) is 5.60 Å². The van der Waals surface area contributed by atoms with Gasteiger partial charge in [-0.3, -0.25) is 14.4 Å². The molecule has 4 heterocycles. The number of hydrogen-bond acceptors (Lipinski definition) is 9. The fourth-order valence-electron chi connectivity index (χ4n) is 7.07. The first-order valence-electron chi connectivity index (χ1n) is 14.1. The zero-order chi connectivity index (χ0) is 28.2. The van der Waals surface area contributed by atoms with Gasteiger partial charge in [0.15, 0.2) is 11.4 Å². The van der Waals surface area contributed by atoms with Crippen molar-refractivity contribution in [2.45, 2.75) is 97.1 Å². The van der Waals surface area contributed by atoms with E-state index in [2.05, 4.69) is 5.32 Å². The zero-order valence-electron chi connectivity index (χ0n) is 24.1. The first-order valence-corrected chi connectivity index (χ1v) is 14.1. The van der Waals surface area contributed by atoms with E-state index in [1.54, 1.807) is 32.9 Å². The summed E-state index contributed by atoms with van der Waals surface area (Å²) in [7, 11) is 1.60. The maximum Gasteiger partial charge on any atom is 0.425 e. The Morgan fingerprint density at radius 1 is 1.08 bits per heavy atom. The van der Waals surface area contributed by atoms with Crippen LogP contribution in [0.3, 0.4) is 0 Å². The largest absolute Gasteiger partial charge is 0.457 e. The SMILES string of the molecule is CC[C@H]1OC(=O)C(C)C(=O)[C@H](C)[C@@H](C)[C@](C)(OC)C[C@@H](C)C(=O)C2[C@H]3N(C(=O)O[C@]13C)N2CC1CCNC1. The van der Waals surface area contributed by atoms with Gasteiger partial charge in [0, 0.05) is 25.5 Å². The molecule has 10 atom stereocenters. The van der Waals surface area contributed by atoms with Gasteiger partial charge >= 0.3 is 12.1 Å². The van der Waals surface area contributed by atoms with E-state index in [0.717, 1.165) is 19.5 Å². The monoisotopic (exact) mass is 535 g/mol. The summed E-state index contributed by atoms with van der Waals surface area (Å²) in [5.41, 5.74) is -2.01. The molecule has 0 aromatic heterocycles. The lowest BCUT2D eigenvalue weighted by molar-refractivity contribution is -0.209. The second-order valence-electron chi connectivity index (χ2n) is 12.3. The number of hydrogen-bond donors (Lipinski definition) is 1. The average molecular weight is 536 g/mol. The van der Waals surface area contributed by atoms with Crippen molar-refractivity contribution in [1.29, 1.82) is 0 Å². The van der Waals surface area contributed by atoms with Crippen LogP contribution in [0.15, 0.2) is 0 Å². The maximum absolute atomic E-state index is 14.2. The van der Waals surface area contributed by atoms with Gasteiger partial charge in [-0.25, -0.2) is 14.8 Å². The van der Waals surface area contributed by atoms with Crippen LogP contribution in [0.4, 0.5) is 4.79 Å². The van der Waals surface area contributed by atoms with Crippen molar-refractivity contribution in [3.8, 4) is 0 Å². The van der Waals surface area contributed by atoms with Crippen LogP contribution in [-0.4, -0.2) is 89.8 Å². The highest BCUT2D eigenvalue weighted by molar-refractivity contribution is 6.00. The first kappa shape index (κ1) is 29.0. The van der Waals surface area contributed by atoms with Crippen molar-refractivity contribution < 1.29 is 33.4 Å². The number of esters is 1. The summed E-state index contributed by atoms with van der Waals surface area (Å²) in [4.78, 5) is 54.1. The Labute approximate surface area is 226 Å². The molecule has 4 saturated heterocycles. The Balaban J connectivity index is 1.77. The first-order chi connectivity index (χ1) is 17.8. The van der Waals surface area contributed by atoms with Gasteiger partial charge in [-0.1, -0.05) is 27.7 Å². The van der Waals surface area contributed by atoms with Gasteiger partial charge in [-0.2, -0.15) is 0 Å². The minimum absolute atomic E-state index is 0.00259. The molecule has 0 aliphatic carbocycles. The molecule has 4 rings (SSSR count). The van der Waals surface area contributed by atoms with Crippen molar-refractivity contribution in [3.05, 3.63) is 0 Å². The molecule has 4 aliphatic rings. The van der Waals surface area contributed by atoms with Crippen molar-refractivity contribution in [3.63, 3.8) is 0 Å². The molecule has 0 spiro atoms. The number of Topliss-reactive ketones (excluding diaryl/α,β-unsaturated/α-hetero) is 2. The summed E-state index contributed by atoms with van der Waals surface area (Å²) >= 11 is 0. The van der Waals surface area contributed by atoms with Gasteiger partial charge < -0.3 is 19.5 Å². The lowest BCUT2D eigenvalue weighted by Gasteiger charge is -2.56. The minimum atomic E-state index is -1.23. The van der Waals surface area contributed by atoms with Crippen LogP contribution < -0.4 is 5.32 Å². The fourth-order valence-corrected chi connectivity index (χ4v) is 7.07. The molecule has 3 unspecified atom stereocenters. The Hall–Kier alpha value is -2.04. The Kier molecular flexibility index (Phi) is 8.00. The van der Waals surface area contributed by atoms with Crippen molar-refractivity contribution in [2.24, 2.45) is 29.6 Å². The third kappa shape index (κ3) is 4.56. The number of amides is 1. The molecule has 1 amide bonds. The standard InChI is InChI=1S/C28H45N3O7/c1-9-20-28(7)24-21(30(31(24)26(35)38-28)14-19-10-11-29-13-19)22(32)15(2)12-27(6,36-8)18(5)16(3)23(33)17(4)25(34)37-20/h15-21,24,29H,9-14H2,1-8H3/t15-,16-,17?,18-,19?,20-,21?,24-,27-,28-/m1/s1. The molecule has 0 saturated carbocycles. The average Bonchev–Trinajstić information content (AvgIpc) is 3.47. The molecule has 0 bridgehead atoms. The van der Waals surface area contributed by atoms with E-state index in [-0.39, 0.29) is 17.5 Å². The molecule has 4 aliphatic heterocycles. The number of cyclic esters (lactones) is 1. The van der Waals surface area contributed by atoms with E-state index in [4.69, 9.17) is 14.2 Å². The summed E-state index contributed by atoms with van der Waals surface area (Å²) in [5.74, 6) is -2.69. The minimum Gasteiger partial charge on any atom is -0.457 e. The van der Waals surface area contributed by atoms with Crippen molar-refractivity contribution in [2.75, 3.05) is 26.7 Å². The van der Waals surface area contributed by atoms with E-state index in [0.29, 0.717) is 25.3 Å². The predicted octanol–water partition coefficient (Wildman–Crippen LogP) is 2.59. The van der Waals surface area contributed by atoms with Crippen LogP contribution in [0.5, 0.6) is 0 Å². The number of carbonyl (C=O) groups is 4. The molecule has 10 heteroatoms. The molecule has 214 valence electrons. The number of carbonyl (C=O) groups excluding carboxylic acids is 4. The number of ether oxygens (including phenoxy) is 3. The van der Waals surface area contributed by atoms with E-state index >= 15 is 0 Å². The van der Waals surface area contributed by atoms with Gasteiger partial charge in [-0.15, -0.1) is 0 Å². The van der Waals surface area contributed by atoms with Crippen LogP contribution in [0.1, 0.15) is 67.7 Å². The Bertz CT molecular complexity index is 968. The molecule has 0 aromatic rings. The molecule has 1 N–H and O–H groups in total. The summed E-state index contributed by atoms with van der Waals surface area (Å²) in [6.45, 7) is 15.0. The number of nitrogens with zero attached hydrogens (tertiary/aromatic N) is 2. The van der Waals surface area contributed by atoms with Crippen molar-refractivity contribution >= 4 is 23.6 Å². The lowest BCUT2D eigenvalue weighted by atomic mass is 9.70. The van der Waals surface area contributed by atoms with Crippen LogP contribution in [0.25, 0.3) is 0 Å². The summed E-state index contributed by atoms with van der Waals surface area (Å²) in [5, 5.41) is 6.79. The quantitative estimate of drug-likeness (QED) is 0.428. The number of nitrogens with one attached hydrogen (secondary N) is 1. The van der Waals surface area contributed by atoms with Crippen LogP contribution >= 0.6 is 0 Å². The van der Waals surface area contributed by atoms with Crippen LogP contribution in [-0.2, 0) is 28.6 Å². The van der Waals surface area contributed by atoms with E-state index < -0.39 is 59.2 Å². The van der Waals surface area contributed by atoms with Crippen LogP contribution in [0.2, 0.25) is 0 Å². The van der Waals surface area contributed by atoms with E-state index in [9.17, 15) is 19.2 Å². The molecule has 0 radical (unpaired) electrons. The van der Waals surface area contributed by atoms with Crippen LogP contribution in [0, 0.1) is 29.6 Å². The Morgan fingerprint density at radius 3 is 2.34 bits per heavy atom. The van der Waals surface area contributed by atoms with E-state index in [1.165, 1.54) is 0 Å². The third-order valence-corrected chi connectivity index (χ3v) is 10.0. The second-order valence-corrected chi connectivity index (χ2v) is 12.3. The van der Waals surface area contributed by atoms with E-state index in [1.807, 2.05) is 32.7 Å². The predicted molar refractivity (Wildman–Crippen MR) is 139 cm³/mol. The molecule has 4 fully saturated rings. The highest BCUT2D eigenvalue weighted by atomic mass is 16.6.